The summed E-state index contributed by atoms with van der Waals surface area (Å²) in [6.07, 6.45) is 0.370. The van der Waals surface area contributed by atoms with Gasteiger partial charge in [-0.15, -0.1) is 0 Å². The van der Waals surface area contributed by atoms with Crippen LogP contribution in [-0.4, -0.2) is 34.6 Å². The van der Waals surface area contributed by atoms with Crippen molar-refractivity contribution in [2.24, 2.45) is 5.73 Å². The van der Waals surface area contributed by atoms with E-state index in [9.17, 15) is 14.7 Å². The number of aliphatic hydroxyl groups is 2. The van der Waals surface area contributed by atoms with Crippen LogP contribution in [0.2, 0.25) is 0 Å². The molecule has 0 aromatic rings. The second kappa shape index (κ2) is 4.84. The van der Waals surface area contributed by atoms with Gasteiger partial charge in [0.2, 0.25) is 5.91 Å². The van der Waals surface area contributed by atoms with E-state index in [1.165, 1.54) is 0 Å². The van der Waals surface area contributed by atoms with Crippen molar-refractivity contribution in [2.45, 2.75) is 24.9 Å². The summed E-state index contributed by atoms with van der Waals surface area (Å²) in [5, 5.41) is 17.8. The van der Waals surface area contributed by atoms with E-state index >= 15 is 0 Å². The van der Waals surface area contributed by atoms with E-state index in [-0.39, 0.29) is 25.9 Å². The maximum atomic E-state index is 10.6. The van der Waals surface area contributed by atoms with E-state index in [1.54, 1.807) is 0 Å². The number of carbonyl (C=O) groups is 2. The molecule has 0 aromatic heterocycles. The minimum atomic E-state index is -1.79. The van der Waals surface area contributed by atoms with Crippen LogP contribution in [0.3, 0.4) is 0 Å². The summed E-state index contributed by atoms with van der Waals surface area (Å²) < 4.78 is 0. The first kappa shape index (κ1) is 11.1. The van der Waals surface area contributed by atoms with Crippen LogP contribution in [0.5, 0.6) is 0 Å². The third-order valence-electron chi connectivity index (χ3n) is 1.63. The van der Waals surface area contributed by atoms with Gasteiger partial charge in [0.1, 0.15) is 11.9 Å². The monoisotopic (exact) mass is 175 g/mol. The van der Waals surface area contributed by atoms with E-state index in [0.717, 1.165) is 0 Å². The molecule has 0 rings (SSSR count). The van der Waals surface area contributed by atoms with Gasteiger partial charge in [-0.2, -0.15) is 0 Å². The van der Waals surface area contributed by atoms with Crippen LogP contribution >= 0.6 is 0 Å². The molecule has 0 aromatic carbocycles. The molecule has 0 aliphatic rings. The summed E-state index contributed by atoms with van der Waals surface area (Å²) in [5.41, 5.74) is 3.08. The molecule has 0 saturated heterocycles. The Morgan fingerprint density at radius 3 is 2.50 bits per heavy atom. The van der Waals surface area contributed by atoms with Gasteiger partial charge in [0.25, 0.3) is 0 Å². The van der Waals surface area contributed by atoms with Crippen LogP contribution in [-0.2, 0) is 9.59 Å². The molecule has 1 unspecified atom stereocenters. The average molecular weight is 175 g/mol. The summed E-state index contributed by atoms with van der Waals surface area (Å²) in [5.74, 6) is -0.928. The Hall–Kier alpha value is -0.940. The number of hydrogen-bond donors (Lipinski definition) is 3. The lowest BCUT2D eigenvalue weighted by Crippen LogP contribution is -2.44. The van der Waals surface area contributed by atoms with Crippen LogP contribution in [0.15, 0.2) is 0 Å². The molecular weight excluding hydrogens is 162 g/mol. The van der Waals surface area contributed by atoms with Crippen molar-refractivity contribution in [3.8, 4) is 0 Å². The van der Waals surface area contributed by atoms with E-state index in [0.29, 0.717) is 6.29 Å². The van der Waals surface area contributed by atoms with Gasteiger partial charge in [-0.1, -0.05) is 0 Å². The number of carbonyl (C=O) groups excluding carboxylic acids is 2. The van der Waals surface area contributed by atoms with Gasteiger partial charge in [0.05, 0.1) is 0 Å². The number of hydrogen-bond acceptors (Lipinski definition) is 4. The molecule has 1 amide bonds. The number of aliphatic hydroxyl groups excluding tert-OH is 1. The summed E-state index contributed by atoms with van der Waals surface area (Å²) in [7, 11) is 0. The number of rotatable bonds is 6. The van der Waals surface area contributed by atoms with Gasteiger partial charge in [-0.05, 0) is 12.8 Å². The molecule has 0 aliphatic carbocycles. The molecule has 1 atom stereocenters. The molecule has 0 fully saturated rings. The van der Waals surface area contributed by atoms with Crippen molar-refractivity contribution >= 4 is 12.2 Å². The summed E-state index contributed by atoms with van der Waals surface area (Å²) in [6, 6.07) is 0. The molecule has 5 heteroatoms. The lowest BCUT2D eigenvalue weighted by atomic mass is 9.94. The zero-order valence-electron chi connectivity index (χ0n) is 6.69. The highest BCUT2D eigenvalue weighted by molar-refractivity contribution is 5.85. The van der Waals surface area contributed by atoms with Crippen LogP contribution in [0.25, 0.3) is 0 Å². The highest BCUT2D eigenvalue weighted by Crippen LogP contribution is 2.15. The maximum Gasteiger partial charge on any atom is 0.249 e. The standard InChI is InChI=1S/C7H13NO4/c8-6(11)7(12,3-5-10)2-1-4-9/h5,9,12H,1-4H2,(H2,8,11). The zero-order valence-corrected chi connectivity index (χ0v) is 6.69. The molecule has 12 heavy (non-hydrogen) atoms. The Balaban J connectivity index is 4.17. The maximum absolute atomic E-state index is 10.6. The van der Waals surface area contributed by atoms with Gasteiger partial charge in [-0.3, -0.25) is 4.79 Å². The van der Waals surface area contributed by atoms with Crippen LogP contribution < -0.4 is 5.73 Å². The fourth-order valence-corrected chi connectivity index (χ4v) is 0.835. The van der Waals surface area contributed by atoms with Crippen LogP contribution in [0.1, 0.15) is 19.3 Å². The minimum Gasteiger partial charge on any atom is -0.396 e. The van der Waals surface area contributed by atoms with E-state index < -0.39 is 11.5 Å². The van der Waals surface area contributed by atoms with E-state index in [2.05, 4.69) is 0 Å². The first-order valence-electron chi connectivity index (χ1n) is 3.63. The van der Waals surface area contributed by atoms with Gasteiger partial charge < -0.3 is 20.7 Å². The lowest BCUT2D eigenvalue weighted by molar-refractivity contribution is -0.140. The topological polar surface area (TPSA) is 101 Å². The van der Waals surface area contributed by atoms with Gasteiger partial charge >= 0.3 is 0 Å². The molecule has 0 heterocycles. The molecule has 0 aliphatic heterocycles. The molecule has 0 bridgehead atoms. The van der Waals surface area contributed by atoms with E-state index in [4.69, 9.17) is 10.8 Å². The second-order valence-corrected chi connectivity index (χ2v) is 2.59. The Bertz CT molecular complexity index is 171. The smallest absolute Gasteiger partial charge is 0.249 e. The Morgan fingerprint density at radius 1 is 1.58 bits per heavy atom. The number of nitrogens with two attached hydrogens (primary N) is 1. The third-order valence-corrected chi connectivity index (χ3v) is 1.63. The predicted molar refractivity (Wildman–Crippen MR) is 41.1 cm³/mol. The summed E-state index contributed by atoms with van der Waals surface area (Å²) in [4.78, 5) is 20.7. The first-order valence-corrected chi connectivity index (χ1v) is 3.63. The van der Waals surface area contributed by atoms with Crippen molar-refractivity contribution in [3.05, 3.63) is 0 Å². The minimum absolute atomic E-state index is 0.0115. The lowest BCUT2D eigenvalue weighted by Gasteiger charge is -2.21. The number of amides is 1. The molecule has 4 N–H and O–H groups in total. The van der Waals surface area contributed by atoms with Crippen molar-refractivity contribution in [3.63, 3.8) is 0 Å². The second-order valence-electron chi connectivity index (χ2n) is 2.59. The van der Waals surface area contributed by atoms with E-state index in [1.807, 2.05) is 0 Å². The normalized spacial score (nSPS) is 15.2. The molecule has 5 nitrogen and oxygen atoms in total. The fourth-order valence-electron chi connectivity index (χ4n) is 0.835. The predicted octanol–water partition coefficient (Wildman–Crippen LogP) is -1.44. The Kier molecular flexibility index (Phi) is 4.46. The van der Waals surface area contributed by atoms with Crippen molar-refractivity contribution in [1.82, 2.24) is 0 Å². The highest BCUT2D eigenvalue weighted by atomic mass is 16.3. The third kappa shape index (κ3) is 2.98. The largest absolute Gasteiger partial charge is 0.396 e. The van der Waals surface area contributed by atoms with Gasteiger partial charge in [-0.25, -0.2) is 0 Å². The molecule has 70 valence electrons. The van der Waals surface area contributed by atoms with Gasteiger partial charge in [0.15, 0.2) is 0 Å². The Morgan fingerprint density at radius 2 is 2.17 bits per heavy atom. The molecule has 0 saturated carbocycles. The first-order chi connectivity index (χ1) is 5.56. The number of aldehydes is 1. The summed E-state index contributed by atoms with van der Waals surface area (Å²) in [6.45, 7) is -0.144. The Labute approximate surface area is 70.2 Å². The van der Waals surface area contributed by atoms with Crippen molar-refractivity contribution in [1.29, 1.82) is 0 Å². The fraction of sp³-hybridized carbons (Fsp3) is 0.714. The molecule has 0 spiro atoms. The van der Waals surface area contributed by atoms with Crippen LogP contribution in [0.4, 0.5) is 0 Å². The number of primary amides is 1. The SMILES string of the molecule is NC(=O)C(O)(CC=O)CCCO. The molecular formula is C7H13NO4. The molecule has 0 radical (unpaired) electrons. The quantitative estimate of drug-likeness (QED) is 0.430. The van der Waals surface area contributed by atoms with Crippen molar-refractivity contribution in [2.75, 3.05) is 6.61 Å². The van der Waals surface area contributed by atoms with Crippen LogP contribution in [0, 0.1) is 0 Å². The summed E-state index contributed by atoms with van der Waals surface area (Å²) >= 11 is 0. The zero-order chi connectivity index (χ0) is 9.61. The highest BCUT2D eigenvalue weighted by Gasteiger charge is 2.32. The van der Waals surface area contributed by atoms with Gasteiger partial charge in [0, 0.05) is 13.0 Å². The van der Waals surface area contributed by atoms with Crippen molar-refractivity contribution < 1.29 is 19.8 Å². The average Bonchev–Trinajstić information content (AvgIpc) is 2.01.